The van der Waals surface area contributed by atoms with Gasteiger partial charge in [0.05, 0.1) is 12.1 Å². The second-order valence-electron chi connectivity index (χ2n) is 3.52. The number of benzene rings is 1. The summed E-state index contributed by atoms with van der Waals surface area (Å²) in [4.78, 5) is 11.6. The van der Waals surface area contributed by atoms with Gasteiger partial charge in [-0.25, -0.2) is 4.79 Å². The molecule has 0 radical (unpaired) electrons. The van der Waals surface area contributed by atoms with Crippen molar-refractivity contribution in [3.8, 4) is 5.75 Å². The number of aryl methyl sites for hydroxylation is 1. The monoisotopic (exact) mass is 219 g/mol. The van der Waals surface area contributed by atoms with Crippen LogP contribution < -0.4 is 0 Å². The lowest BCUT2D eigenvalue weighted by molar-refractivity contribution is 0.0516. The zero-order valence-corrected chi connectivity index (χ0v) is 9.23. The fourth-order valence-electron chi connectivity index (χ4n) is 1.75. The fraction of sp³-hybridized carbons (Fsp3) is 0.250. The molecule has 4 heteroatoms. The van der Waals surface area contributed by atoms with E-state index in [1.165, 1.54) is 0 Å². The van der Waals surface area contributed by atoms with Crippen molar-refractivity contribution in [2.75, 3.05) is 6.61 Å². The molecule has 0 spiro atoms. The lowest BCUT2D eigenvalue weighted by atomic mass is 10.2. The minimum absolute atomic E-state index is 0.170. The Kier molecular flexibility index (Phi) is 2.56. The third-order valence-electron chi connectivity index (χ3n) is 2.55. The zero-order chi connectivity index (χ0) is 11.7. The number of carbonyl (C=O) groups is 1. The molecule has 0 saturated heterocycles. The van der Waals surface area contributed by atoms with E-state index in [2.05, 4.69) is 0 Å². The molecule has 0 aliphatic heterocycles. The molecular weight excluding hydrogens is 206 g/mol. The zero-order valence-electron chi connectivity index (χ0n) is 9.23. The summed E-state index contributed by atoms with van der Waals surface area (Å²) in [6.07, 6.45) is 0. The smallest absolute Gasteiger partial charge is 0.354 e. The maximum Gasteiger partial charge on any atom is 0.354 e. The van der Waals surface area contributed by atoms with Crippen molar-refractivity contribution in [2.45, 2.75) is 6.92 Å². The van der Waals surface area contributed by atoms with Gasteiger partial charge in [0.25, 0.3) is 0 Å². The molecule has 0 aliphatic rings. The van der Waals surface area contributed by atoms with Crippen LogP contribution in [0.2, 0.25) is 0 Å². The number of carbonyl (C=O) groups excluding carboxylic acids is 1. The summed E-state index contributed by atoms with van der Waals surface area (Å²) in [6.45, 7) is 2.10. The molecule has 0 saturated carbocycles. The average Bonchev–Trinajstić information content (AvgIpc) is 2.59. The minimum Gasteiger partial charge on any atom is -0.507 e. The highest BCUT2D eigenvalue weighted by molar-refractivity contribution is 5.97. The average molecular weight is 219 g/mol. The lowest BCUT2D eigenvalue weighted by Gasteiger charge is -2.03. The Balaban J connectivity index is 2.60. The molecule has 0 fully saturated rings. The second kappa shape index (κ2) is 3.89. The summed E-state index contributed by atoms with van der Waals surface area (Å²) in [5.41, 5.74) is 1.25. The van der Waals surface area contributed by atoms with Crippen LogP contribution in [0.3, 0.4) is 0 Å². The molecule has 0 amide bonds. The van der Waals surface area contributed by atoms with E-state index in [1.54, 1.807) is 36.7 Å². The fourth-order valence-corrected chi connectivity index (χ4v) is 1.75. The van der Waals surface area contributed by atoms with Crippen LogP contribution in [0.5, 0.6) is 5.75 Å². The van der Waals surface area contributed by atoms with Crippen molar-refractivity contribution >= 4 is 16.9 Å². The van der Waals surface area contributed by atoms with Crippen LogP contribution in [0.1, 0.15) is 17.4 Å². The Morgan fingerprint density at radius 2 is 2.25 bits per heavy atom. The number of phenols is 1. The first-order chi connectivity index (χ1) is 7.65. The van der Waals surface area contributed by atoms with Gasteiger partial charge in [0.2, 0.25) is 0 Å². The van der Waals surface area contributed by atoms with Crippen LogP contribution in [0.15, 0.2) is 24.3 Å². The normalized spacial score (nSPS) is 10.6. The van der Waals surface area contributed by atoms with E-state index < -0.39 is 0 Å². The Bertz CT molecular complexity index is 542. The van der Waals surface area contributed by atoms with Gasteiger partial charge in [-0.15, -0.1) is 0 Å². The first kappa shape index (κ1) is 10.5. The Morgan fingerprint density at radius 3 is 2.88 bits per heavy atom. The molecule has 0 bridgehead atoms. The second-order valence-corrected chi connectivity index (χ2v) is 3.52. The lowest BCUT2D eigenvalue weighted by Crippen LogP contribution is -2.09. The van der Waals surface area contributed by atoms with E-state index in [0.29, 0.717) is 17.7 Å². The van der Waals surface area contributed by atoms with Crippen molar-refractivity contribution in [3.63, 3.8) is 0 Å². The number of rotatable bonds is 2. The summed E-state index contributed by atoms with van der Waals surface area (Å²) in [7, 11) is 1.77. The molecular formula is C12H13NO3. The van der Waals surface area contributed by atoms with E-state index in [1.807, 2.05) is 6.07 Å². The maximum atomic E-state index is 11.6. The highest BCUT2D eigenvalue weighted by Crippen LogP contribution is 2.27. The number of aromatic nitrogens is 1. The van der Waals surface area contributed by atoms with Gasteiger partial charge in [-0.1, -0.05) is 6.07 Å². The third-order valence-corrected chi connectivity index (χ3v) is 2.55. The summed E-state index contributed by atoms with van der Waals surface area (Å²) < 4.78 is 6.65. The number of hydrogen-bond donors (Lipinski definition) is 1. The summed E-state index contributed by atoms with van der Waals surface area (Å²) in [5, 5.41) is 10.3. The van der Waals surface area contributed by atoms with Crippen LogP contribution in [0.4, 0.5) is 0 Å². The summed E-state index contributed by atoms with van der Waals surface area (Å²) >= 11 is 0. The predicted octanol–water partition coefficient (Wildman–Crippen LogP) is 2.06. The van der Waals surface area contributed by atoms with Crippen molar-refractivity contribution in [3.05, 3.63) is 30.0 Å². The predicted molar refractivity (Wildman–Crippen MR) is 60.5 cm³/mol. The SMILES string of the molecule is CCOC(=O)c1cc2c(O)cccc2n1C. The first-order valence-corrected chi connectivity index (χ1v) is 5.09. The molecule has 1 heterocycles. The minimum atomic E-state index is -0.374. The number of nitrogens with zero attached hydrogens (tertiary/aromatic N) is 1. The van der Waals surface area contributed by atoms with Gasteiger partial charge in [-0.3, -0.25) is 0 Å². The number of esters is 1. The number of fused-ring (bicyclic) bond motifs is 1. The molecule has 2 aromatic rings. The summed E-state index contributed by atoms with van der Waals surface area (Å²) in [5.74, 6) is -0.204. The van der Waals surface area contributed by atoms with Crippen molar-refractivity contribution in [1.29, 1.82) is 0 Å². The van der Waals surface area contributed by atoms with Crippen LogP contribution in [0.25, 0.3) is 10.9 Å². The molecule has 0 aliphatic carbocycles. The summed E-state index contributed by atoms with van der Waals surface area (Å²) in [6, 6.07) is 6.82. The van der Waals surface area contributed by atoms with Gasteiger partial charge < -0.3 is 14.4 Å². The highest BCUT2D eigenvalue weighted by atomic mass is 16.5. The van der Waals surface area contributed by atoms with Crippen molar-refractivity contribution < 1.29 is 14.6 Å². The molecule has 2 rings (SSSR count). The van der Waals surface area contributed by atoms with Gasteiger partial charge in [0.1, 0.15) is 11.4 Å². The van der Waals surface area contributed by atoms with Crippen molar-refractivity contribution in [2.24, 2.45) is 7.05 Å². The highest BCUT2D eigenvalue weighted by Gasteiger charge is 2.15. The molecule has 0 unspecified atom stereocenters. The van der Waals surface area contributed by atoms with Crippen molar-refractivity contribution in [1.82, 2.24) is 4.57 Å². The molecule has 1 aromatic carbocycles. The molecule has 4 nitrogen and oxygen atoms in total. The van der Waals surface area contributed by atoms with Gasteiger partial charge in [0.15, 0.2) is 0 Å². The van der Waals surface area contributed by atoms with Gasteiger partial charge in [-0.2, -0.15) is 0 Å². The molecule has 16 heavy (non-hydrogen) atoms. The van der Waals surface area contributed by atoms with Crippen LogP contribution in [-0.4, -0.2) is 22.2 Å². The number of aromatic hydroxyl groups is 1. The Morgan fingerprint density at radius 1 is 1.50 bits per heavy atom. The van der Waals surface area contributed by atoms with E-state index >= 15 is 0 Å². The quantitative estimate of drug-likeness (QED) is 0.786. The third kappa shape index (κ3) is 1.52. The number of phenolic OH excluding ortho intramolecular Hbond substituents is 1. The van der Waals surface area contributed by atoms with Gasteiger partial charge in [-0.05, 0) is 25.1 Å². The molecule has 1 N–H and O–H groups in total. The number of hydrogen-bond acceptors (Lipinski definition) is 3. The molecule has 84 valence electrons. The van der Waals surface area contributed by atoms with Crippen LogP contribution >= 0.6 is 0 Å². The van der Waals surface area contributed by atoms with Gasteiger partial charge in [0, 0.05) is 12.4 Å². The van der Waals surface area contributed by atoms with Crippen LogP contribution in [-0.2, 0) is 11.8 Å². The standard InChI is InChI=1S/C12H13NO3/c1-3-16-12(15)10-7-8-9(13(10)2)5-4-6-11(8)14/h4-7,14H,3H2,1-2H3. The van der Waals surface area contributed by atoms with E-state index in [0.717, 1.165) is 5.52 Å². The van der Waals surface area contributed by atoms with Gasteiger partial charge >= 0.3 is 5.97 Å². The Labute approximate surface area is 93.1 Å². The topological polar surface area (TPSA) is 51.5 Å². The Hall–Kier alpha value is -1.97. The largest absolute Gasteiger partial charge is 0.507 e. The maximum absolute atomic E-state index is 11.6. The molecule has 0 atom stereocenters. The van der Waals surface area contributed by atoms with Crippen LogP contribution in [0, 0.1) is 0 Å². The van der Waals surface area contributed by atoms with E-state index in [9.17, 15) is 9.90 Å². The molecule has 1 aromatic heterocycles. The first-order valence-electron chi connectivity index (χ1n) is 5.09. The number of ether oxygens (including phenoxy) is 1. The van der Waals surface area contributed by atoms with E-state index in [4.69, 9.17) is 4.74 Å². The van der Waals surface area contributed by atoms with E-state index in [-0.39, 0.29) is 11.7 Å².